The van der Waals surface area contributed by atoms with E-state index in [0.717, 1.165) is 24.0 Å². The summed E-state index contributed by atoms with van der Waals surface area (Å²) in [5, 5.41) is 9.75. The van der Waals surface area contributed by atoms with E-state index in [9.17, 15) is 9.90 Å². The van der Waals surface area contributed by atoms with Crippen molar-refractivity contribution in [2.45, 2.75) is 24.5 Å². The average Bonchev–Trinajstić information content (AvgIpc) is 3.29. The topological polar surface area (TPSA) is 55.8 Å². The van der Waals surface area contributed by atoms with Gasteiger partial charge in [0.05, 0.1) is 5.02 Å². The number of aliphatic carboxylic acids is 1. The zero-order valence-electron chi connectivity index (χ0n) is 11.6. The second-order valence-electron chi connectivity index (χ2n) is 5.60. The van der Waals surface area contributed by atoms with Gasteiger partial charge >= 0.3 is 12.3 Å². The lowest BCUT2D eigenvalue weighted by Gasteiger charge is -2.29. The number of carboxylic acids is 1. The molecule has 2 aromatic carbocycles. The SMILES string of the molecule is O=C(O)C1Oc2ccccc2C2(CC2)c2cccc(Cl)c2O1. The highest BCUT2D eigenvalue weighted by Gasteiger charge is 2.51. The smallest absolute Gasteiger partial charge is 0.387 e. The molecule has 2 aliphatic rings. The molecular weight excluding hydrogens is 304 g/mol. The third-order valence-electron chi connectivity index (χ3n) is 4.30. The molecule has 1 saturated carbocycles. The Balaban J connectivity index is 1.97. The molecule has 2 aromatic rings. The van der Waals surface area contributed by atoms with Crippen LogP contribution in [0.25, 0.3) is 0 Å². The van der Waals surface area contributed by atoms with Crippen molar-refractivity contribution in [3.63, 3.8) is 0 Å². The molecule has 0 aromatic heterocycles. The Hall–Kier alpha value is -2.20. The van der Waals surface area contributed by atoms with Gasteiger partial charge in [0.25, 0.3) is 0 Å². The summed E-state index contributed by atoms with van der Waals surface area (Å²) in [5.74, 6) is -0.228. The van der Waals surface area contributed by atoms with Crippen LogP contribution < -0.4 is 9.47 Å². The Kier molecular flexibility index (Phi) is 2.84. The van der Waals surface area contributed by atoms with Gasteiger partial charge in [-0.2, -0.15) is 0 Å². The molecule has 5 heteroatoms. The minimum absolute atomic E-state index is 0.194. The number of hydrogen-bond acceptors (Lipinski definition) is 3. The molecule has 0 amide bonds. The molecule has 1 unspecified atom stereocenters. The van der Waals surface area contributed by atoms with Crippen molar-refractivity contribution >= 4 is 17.6 Å². The van der Waals surface area contributed by atoms with Crippen LogP contribution in [-0.4, -0.2) is 17.4 Å². The van der Waals surface area contributed by atoms with Gasteiger partial charge in [-0.05, 0) is 25.0 Å². The van der Waals surface area contributed by atoms with E-state index in [4.69, 9.17) is 21.1 Å². The largest absolute Gasteiger partial charge is 0.476 e. The minimum atomic E-state index is -1.42. The number of ether oxygens (including phenoxy) is 2. The highest BCUT2D eigenvalue weighted by atomic mass is 35.5. The first-order chi connectivity index (χ1) is 10.6. The van der Waals surface area contributed by atoms with Gasteiger partial charge in [0.2, 0.25) is 0 Å². The van der Waals surface area contributed by atoms with E-state index in [1.165, 1.54) is 0 Å². The molecule has 0 radical (unpaired) electrons. The molecule has 0 bridgehead atoms. The van der Waals surface area contributed by atoms with Gasteiger partial charge < -0.3 is 14.6 Å². The van der Waals surface area contributed by atoms with Gasteiger partial charge in [0.1, 0.15) is 11.5 Å². The van der Waals surface area contributed by atoms with Crippen molar-refractivity contribution in [2.75, 3.05) is 0 Å². The number of halogens is 1. The standard InChI is InChI=1S/C17H13ClO4/c18-12-6-3-5-11-14(12)22-16(15(19)20)21-13-7-2-1-4-10(13)17(11)8-9-17/h1-7,16H,8-9H2,(H,19,20). The predicted octanol–water partition coefficient (Wildman–Crippen LogP) is 3.60. The quantitative estimate of drug-likeness (QED) is 0.873. The summed E-state index contributed by atoms with van der Waals surface area (Å²) in [4.78, 5) is 11.4. The van der Waals surface area contributed by atoms with E-state index in [1.807, 2.05) is 30.3 Å². The maximum atomic E-state index is 11.4. The van der Waals surface area contributed by atoms with Crippen LogP contribution >= 0.6 is 11.6 Å². The lowest BCUT2D eigenvalue weighted by Crippen LogP contribution is -2.35. The highest BCUT2D eigenvalue weighted by Crippen LogP contribution is 2.59. The number of hydrogen-bond donors (Lipinski definition) is 1. The Morgan fingerprint density at radius 2 is 1.82 bits per heavy atom. The molecule has 1 aliphatic heterocycles. The minimum Gasteiger partial charge on any atom is -0.476 e. The second kappa shape index (κ2) is 4.65. The number of fused-ring (bicyclic) bond motifs is 4. The molecule has 1 heterocycles. The molecule has 22 heavy (non-hydrogen) atoms. The lowest BCUT2D eigenvalue weighted by molar-refractivity contribution is -0.158. The third-order valence-corrected chi connectivity index (χ3v) is 4.59. The summed E-state index contributed by atoms with van der Waals surface area (Å²) < 4.78 is 11.2. The third kappa shape index (κ3) is 1.87. The predicted molar refractivity (Wildman–Crippen MR) is 80.6 cm³/mol. The molecule has 1 N–H and O–H groups in total. The summed E-state index contributed by atoms with van der Waals surface area (Å²) >= 11 is 6.25. The van der Waals surface area contributed by atoms with Crippen LogP contribution in [0.4, 0.5) is 0 Å². The highest BCUT2D eigenvalue weighted by molar-refractivity contribution is 6.32. The van der Waals surface area contributed by atoms with Crippen molar-refractivity contribution in [2.24, 2.45) is 0 Å². The summed E-state index contributed by atoms with van der Waals surface area (Å²) in [6, 6.07) is 13.0. The first-order valence-corrected chi connectivity index (χ1v) is 7.44. The van der Waals surface area contributed by atoms with Crippen LogP contribution in [0.1, 0.15) is 24.0 Å². The van der Waals surface area contributed by atoms with Crippen molar-refractivity contribution < 1.29 is 19.4 Å². The fourth-order valence-electron chi connectivity index (χ4n) is 3.13. The van der Waals surface area contributed by atoms with Gasteiger partial charge in [-0.1, -0.05) is 41.9 Å². The Labute approximate surface area is 132 Å². The fraction of sp³-hybridized carbons (Fsp3) is 0.235. The molecule has 4 rings (SSSR count). The molecular formula is C17H13ClO4. The molecule has 1 aliphatic carbocycles. The van der Waals surface area contributed by atoms with Crippen LogP contribution in [0.2, 0.25) is 5.02 Å². The lowest BCUT2D eigenvalue weighted by atomic mass is 9.86. The second-order valence-corrected chi connectivity index (χ2v) is 6.01. The number of para-hydroxylation sites is 2. The van der Waals surface area contributed by atoms with E-state index < -0.39 is 12.3 Å². The van der Waals surface area contributed by atoms with Crippen LogP contribution in [0.15, 0.2) is 42.5 Å². The molecule has 112 valence electrons. The van der Waals surface area contributed by atoms with Crippen molar-refractivity contribution in [3.05, 3.63) is 58.6 Å². The summed E-state index contributed by atoms with van der Waals surface area (Å²) in [5.41, 5.74) is 1.73. The maximum Gasteiger partial charge on any atom is 0.387 e. The van der Waals surface area contributed by atoms with E-state index in [2.05, 4.69) is 0 Å². The summed E-state index contributed by atoms with van der Waals surface area (Å²) in [6.45, 7) is 0. The van der Waals surface area contributed by atoms with Gasteiger partial charge in [-0.3, -0.25) is 0 Å². The molecule has 4 nitrogen and oxygen atoms in total. The number of benzene rings is 2. The first kappa shape index (κ1) is 13.5. The normalized spacial score (nSPS) is 20.7. The monoisotopic (exact) mass is 316 g/mol. The van der Waals surface area contributed by atoms with Gasteiger partial charge in [0.15, 0.2) is 0 Å². The van der Waals surface area contributed by atoms with Gasteiger partial charge in [0, 0.05) is 16.5 Å². The number of carboxylic acid groups (broad SMARTS) is 1. The van der Waals surface area contributed by atoms with Crippen LogP contribution in [0, 0.1) is 0 Å². The number of carbonyl (C=O) groups is 1. The number of rotatable bonds is 1. The summed E-state index contributed by atoms with van der Waals surface area (Å²) in [7, 11) is 0. The van der Waals surface area contributed by atoms with Crippen LogP contribution in [0.3, 0.4) is 0 Å². The van der Waals surface area contributed by atoms with Crippen molar-refractivity contribution in [3.8, 4) is 11.5 Å². The van der Waals surface area contributed by atoms with Crippen molar-refractivity contribution in [1.82, 2.24) is 0 Å². The van der Waals surface area contributed by atoms with Gasteiger partial charge in [-0.25, -0.2) is 4.79 Å². The molecule has 1 fully saturated rings. The Morgan fingerprint density at radius 1 is 1.09 bits per heavy atom. The Morgan fingerprint density at radius 3 is 2.55 bits per heavy atom. The van der Waals surface area contributed by atoms with E-state index in [0.29, 0.717) is 16.5 Å². The zero-order chi connectivity index (χ0) is 15.3. The molecule has 1 atom stereocenters. The van der Waals surface area contributed by atoms with E-state index >= 15 is 0 Å². The molecule has 0 saturated heterocycles. The zero-order valence-corrected chi connectivity index (χ0v) is 12.3. The summed E-state index contributed by atoms with van der Waals surface area (Å²) in [6.07, 6.45) is 0.500. The molecule has 1 spiro atoms. The average molecular weight is 317 g/mol. The maximum absolute atomic E-state index is 11.4. The van der Waals surface area contributed by atoms with Crippen LogP contribution in [0.5, 0.6) is 11.5 Å². The van der Waals surface area contributed by atoms with Crippen LogP contribution in [-0.2, 0) is 10.2 Å². The van der Waals surface area contributed by atoms with E-state index in [1.54, 1.807) is 12.1 Å². The van der Waals surface area contributed by atoms with Gasteiger partial charge in [-0.15, -0.1) is 0 Å². The Bertz CT molecular complexity index is 767. The first-order valence-electron chi connectivity index (χ1n) is 7.06. The van der Waals surface area contributed by atoms with Crippen molar-refractivity contribution in [1.29, 1.82) is 0 Å². The van der Waals surface area contributed by atoms with E-state index in [-0.39, 0.29) is 5.41 Å². The fourth-order valence-corrected chi connectivity index (χ4v) is 3.35.